The quantitative estimate of drug-likeness (QED) is 0.531. The highest BCUT2D eigenvalue weighted by atomic mass is 16.1. The van der Waals surface area contributed by atoms with E-state index in [2.05, 4.69) is 4.98 Å². The topological polar surface area (TPSA) is 34.4 Å². The predicted molar refractivity (Wildman–Crippen MR) is 54.9 cm³/mol. The number of hydrogen-bond donors (Lipinski definition) is 0. The number of rotatable bonds is 0. The Hall–Kier alpha value is -1.90. The van der Waals surface area contributed by atoms with Gasteiger partial charge in [-0.05, 0) is 19.1 Å². The van der Waals surface area contributed by atoms with Gasteiger partial charge in [0, 0.05) is 11.5 Å². The molecule has 0 spiro atoms. The largest absolute Gasteiger partial charge is 0.269 e. The standard InChI is InChI=1S/C11H8N2O/c1-7-12-9-4-2-3-8-5-6-10(14)13(7)11(8)9/h2-6H,1H3. The molecule has 3 nitrogen and oxygen atoms in total. The third kappa shape index (κ3) is 0.763. The molecule has 0 atom stereocenters. The molecule has 14 heavy (non-hydrogen) atoms. The molecule has 0 radical (unpaired) electrons. The van der Waals surface area contributed by atoms with E-state index in [1.54, 1.807) is 10.5 Å². The zero-order valence-electron chi connectivity index (χ0n) is 7.69. The maximum absolute atomic E-state index is 11.6. The Labute approximate surface area is 80.0 Å². The Morgan fingerprint density at radius 1 is 1.21 bits per heavy atom. The summed E-state index contributed by atoms with van der Waals surface area (Å²) in [5.74, 6) is 0.752. The van der Waals surface area contributed by atoms with Crippen LogP contribution in [0.1, 0.15) is 5.82 Å². The first kappa shape index (κ1) is 7.50. The lowest BCUT2D eigenvalue weighted by molar-refractivity contribution is 1.01. The van der Waals surface area contributed by atoms with E-state index in [4.69, 9.17) is 0 Å². The van der Waals surface area contributed by atoms with Gasteiger partial charge in [-0.3, -0.25) is 9.20 Å². The van der Waals surface area contributed by atoms with Crippen molar-refractivity contribution >= 4 is 16.4 Å². The summed E-state index contributed by atoms with van der Waals surface area (Å²) in [6, 6.07) is 9.29. The van der Waals surface area contributed by atoms with E-state index < -0.39 is 0 Å². The van der Waals surface area contributed by atoms with Gasteiger partial charge in [0.2, 0.25) is 0 Å². The SMILES string of the molecule is Cc1nc2cccc3ccc(=O)n1c32. The maximum atomic E-state index is 11.6. The minimum absolute atomic E-state index is 0.0105. The van der Waals surface area contributed by atoms with Crippen LogP contribution in [0.2, 0.25) is 0 Å². The summed E-state index contributed by atoms with van der Waals surface area (Å²) in [6.45, 7) is 1.85. The van der Waals surface area contributed by atoms with Crippen molar-refractivity contribution in [1.82, 2.24) is 9.38 Å². The van der Waals surface area contributed by atoms with E-state index >= 15 is 0 Å². The number of pyridine rings is 1. The van der Waals surface area contributed by atoms with Gasteiger partial charge in [-0.1, -0.05) is 12.1 Å². The number of aryl methyl sites for hydroxylation is 1. The molecule has 1 aromatic carbocycles. The second kappa shape index (κ2) is 2.32. The van der Waals surface area contributed by atoms with Crippen molar-refractivity contribution in [2.24, 2.45) is 0 Å². The molecule has 3 heteroatoms. The molecule has 68 valence electrons. The third-order valence-electron chi connectivity index (χ3n) is 2.50. The van der Waals surface area contributed by atoms with Gasteiger partial charge in [-0.25, -0.2) is 4.98 Å². The molecule has 0 amide bonds. The average Bonchev–Trinajstić information content (AvgIpc) is 2.51. The van der Waals surface area contributed by atoms with Gasteiger partial charge in [0.25, 0.3) is 5.56 Å². The lowest BCUT2D eigenvalue weighted by atomic mass is 10.2. The van der Waals surface area contributed by atoms with Crippen molar-refractivity contribution in [3.05, 3.63) is 46.5 Å². The lowest BCUT2D eigenvalue weighted by Crippen LogP contribution is -2.11. The van der Waals surface area contributed by atoms with Crippen LogP contribution < -0.4 is 5.56 Å². The van der Waals surface area contributed by atoms with E-state index in [9.17, 15) is 4.79 Å². The molecule has 0 fully saturated rings. The van der Waals surface area contributed by atoms with Crippen LogP contribution in [0.3, 0.4) is 0 Å². The summed E-state index contributed by atoms with van der Waals surface area (Å²) in [7, 11) is 0. The van der Waals surface area contributed by atoms with E-state index in [-0.39, 0.29) is 5.56 Å². The first-order valence-corrected chi connectivity index (χ1v) is 4.48. The Balaban J connectivity index is 2.81. The Morgan fingerprint density at radius 3 is 2.93 bits per heavy atom. The van der Waals surface area contributed by atoms with Gasteiger partial charge < -0.3 is 0 Å². The van der Waals surface area contributed by atoms with Crippen LogP contribution in [0.4, 0.5) is 0 Å². The van der Waals surface area contributed by atoms with Crippen molar-refractivity contribution in [2.45, 2.75) is 6.92 Å². The lowest BCUT2D eigenvalue weighted by Gasteiger charge is -1.97. The van der Waals surface area contributed by atoms with Crippen molar-refractivity contribution < 1.29 is 0 Å². The van der Waals surface area contributed by atoms with E-state index in [1.807, 2.05) is 31.2 Å². The second-order valence-corrected chi connectivity index (χ2v) is 3.38. The Morgan fingerprint density at radius 2 is 2.07 bits per heavy atom. The first-order chi connectivity index (χ1) is 6.77. The molecule has 3 aromatic rings. The summed E-state index contributed by atoms with van der Waals surface area (Å²) in [6.07, 6.45) is 0. The van der Waals surface area contributed by atoms with Gasteiger partial charge in [0.1, 0.15) is 5.82 Å². The molecule has 2 heterocycles. The van der Waals surface area contributed by atoms with E-state index in [1.165, 1.54) is 0 Å². The number of benzene rings is 1. The van der Waals surface area contributed by atoms with Crippen molar-refractivity contribution in [1.29, 1.82) is 0 Å². The molecule has 2 aromatic heterocycles. The van der Waals surface area contributed by atoms with Crippen molar-refractivity contribution in [3.8, 4) is 0 Å². The number of imidazole rings is 1. The fraction of sp³-hybridized carbons (Fsp3) is 0.0909. The number of aromatic nitrogens is 2. The Kier molecular flexibility index (Phi) is 1.24. The summed E-state index contributed by atoms with van der Waals surface area (Å²) < 4.78 is 1.66. The highest BCUT2D eigenvalue weighted by molar-refractivity contribution is 5.93. The highest BCUT2D eigenvalue weighted by Crippen LogP contribution is 2.19. The van der Waals surface area contributed by atoms with Crippen LogP contribution in [0, 0.1) is 6.92 Å². The normalized spacial score (nSPS) is 11.5. The van der Waals surface area contributed by atoms with Gasteiger partial charge in [-0.15, -0.1) is 0 Å². The van der Waals surface area contributed by atoms with Gasteiger partial charge >= 0.3 is 0 Å². The van der Waals surface area contributed by atoms with Gasteiger partial charge in [0.05, 0.1) is 11.0 Å². The summed E-state index contributed by atoms with van der Waals surface area (Å²) in [5.41, 5.74) is 1.80. The van der Waals surface area contributed by atoms with Gasteiger partial charge in [-0.2, -0.15) is 0 Å². The molecular formula is C11H8N2O. The summed E-state index contributed by atoms with van der Waals surface area (Å²) in [5, 5.41) is 1.06. The predicted octanol–water partition coefficient (Wildman–Crippen LogP) is 1.59. The molecule has 0 aliphatic rings. The minimum Gasteiger partial charge on any atom is -0.269 e. The van der Waals surface area contributed by atoms with Crippen LogP contribution in [-0.2, 0) is 0 Å². The molecule has 0 bridgehead atoms. The smallest absolute Gasteiger partial charge is 0.256 e. The van der Waals surface area contributed by atoms with Crippen molar-refractivity contribution in [2.75, 3.05) is 0 Å². The number of hydrogen-bond acceptors (Lipinski definition) is 2. The number of para-hydroxylation sites is 1. The molecule has 0 saturated heterocycles. The molecule has 3 rings (SSSR count). The maximum Gasteiger partial charge on any atom is 0.256 e. The fourth-order valence-corrected chi connectivity index (χ4v) is 1.91. The van der Waals surface area contributed by atoms with Crippen LogP contribution in [0.25, 0.3) is 16.4 Å². The molecular weight excluding hydrogens is 176 g/mol. The van der Waals surface area contributed by atoms with Crippen molar-refractivity contribution in [3.63, 3.8) is 0 Å². The average molecular weight is 184 g/mol. The number of nitrogens with zero attached hydrogens (tertiary/aromatic N) is 2. The van der Waals surface area contributed by atoms with E-state index in [0.29, 0.717) is 0 Å². The summed E-state index contributed by atoms with van der Waals surface area (Å²) >= 11 is 0. The van der Waals surface area contributed by atoms with Crippen LogP contribution >= 0.6 is 0 Å². The molecule has 0 unspecified atom stereocenters. The van der Waals surface area contributed by atoms with Crippen LogP contribution in [-0.4, -0.2) is 9.38 Å². The second-order valence-electron chi connectivity index (χ2n) is 3.38. The molecule has 0 N–H and O–H groups in total. The van der Waals surface area contributed by atoms with Crippen LogP contribution in [0.15, 0.2) is 35.1 Å². The molecule has 0 saturated carbocycles. The highest BCUT2D eigenvalue weighted by Gasteiger charge is 2.08. The zero-order chi connectivity index (χ0) is 9.71. The van der Waals surface area contributed by atoms with Crippen LogP contribution in [0.5, 0.6) is 0 Å². The fourth-order valence-electron chi connectivity index (χ4n) is 1.91. The molecule has 0 aliphatic carbocycles. The Bertz CT molecular complexity index is 669. The van der Waals surface area contributed by atoms with E-state index in [0.717, 1.165) is 22.2 Å². The van der Waals surface area contributed by atoms with Gasteiger partial charge in [0.15, 0.2) is 0 Å². The molecule has 0 aliphatic heterocycles. The zero-order valence-corrected chi connectivity index (χ0v) is 7.69. The minimum atomic E-state index is -0.0105. The monoisotopic (exact) mass is 184 g/mol. The summed E-state index contributed by atoms with van der Waals surface area (Å²) in [4.78, 5) is 15.9. The first-order valence-electron chi connectivity index (χ1n) is 4.48. The third-order valence-corrected chi connectivity index (χ3v) is 2.50.